The first-order chi connectivity index (χ1) is 7.36. The third kappa shape index (κ3) is 3.62. The minimum atomic E-state index is 0. The van der Waals surface area contributed by atoms with Crippen LogP contribution in [0.4, 0.5) is 0 Å². The monoisotopic (exact) mass is 332 g/mol. The average molecular weight is 332 g/mol. The second-order valence-electron chi connectivity index (χ2n) is 3.66. The van der Waals surface area contributed by atoms with Gasteiger partial charge in [0.2, 0.25) is 0 Å². The van der Waals surface area contributed by atoms with Crippen molar-refractivity contribution in [3.63, 3.8) is 0 Å². The number of aliphatic imine (C=N–C) groups is 1. The zero-order valence-electron chi connectivity index (χ0n) is 9.39. The lowest BCUT2D eigenvalue weighted by Gasteiger charge is -2.14. The highest BCUT2D eigenvalue weighted by Crippen LogP contribution is 1.97. The average Bonchev–Trinajstić information content (AvgIpc) is 2.66. The Bertz CT molecular complexity index is 339. The summed E-state index contributed by atoms with van der Waals surface area (Å²) in [4.78, 5) is 10.6. The van der Waals surface area contributed by atoms with E-state index < -0.39 is 0 Å². The highest BCUT2D eigenvalue weighted by molar-refractivity contribution is 14.0. The molecule has 4 nitrogen and oxygen atoms in total. The Hall–Kier alpha value is -0.850. The number of halogens is 1. The maximum Gasteiger partial charge on any atom is 0.193 e. The topological polar surface area (TPSA) is 40.5 Å². The van der Waals surface area contributed by atoms with Crippen molar-refractivity contribution >= 4 is 29.9 Å². The quantitative estimate of drug-likeness (QED) is 0.844. The predicted octanol–water partition coefficient (Wildman–Crippen LogP) is 1.13. The van der Waals surface area contributed by atoms with Crippen LogP contribution in [0.2, 0.25) is 0 Å². The molecule has 0 spiro atoms. The summed E-state index contributed by atoms with van der Waals surface area (Å²) in [5.74, 6) is 1.01. The van der Waals surface area contributed by atoms with Crippen molar-refractivity contribution in [2.75, 3.05) is 26.7 Å². The second-order valence-corrected chi connectivity index (χ2v) is 3.66. The Morgan fingerprint density at radius 1 is 1.50 bits per heavy atom. The second kappa shape index (κ2) is 6.67. The van der Waals surface area contributed by atoms with Crippen molar-refractivity contribution in [2.45, 2.75) is 6.42 Å². The fourth-order valence-corrected chi connectivity index (χ4v) is 1.59. The van der Waals surface area contributed by atoms with Crippen LogP contribution in [-0.2, 0) is 6.42 Å². The molecule has 0 unspecified atom stereocenters. The van der Waals surface area contributed by atoms with Gasteiger partial charge in [0.1, 0.15) is 0 Å². The number of nitrogens with one attached hydrogen (secondary N) is 1. The van der Waals surface area contributed by atoms with Crippen molar-refractivity contribution < 1.29 is 0 Å². The summed E-state index contributed by atoms with van der Waals surface area (Å²) in [7, 11) is 2.06. The van der Waals surface area contributed by atoms with E-state index in [1.807, 2.05) is 12.3 Å². The summed E-state index contributed by atoms with van der Waals surface area (Å²) in [6, 6.07) is 4.06. The van der Waals surface area contributed by atoms with E-state index in [1.54, 1.807) is 6.20 Å². The molecule has 0 aromatic carbocycles. The van der Waals surface area contributed by atoms with Crippen LogP contribution in [0.5, 0.6) is 0 Å². The number of nitrogens with zero attached hydrogens (tertiary/aromatic N) is 3. The first kappa shape index (κ1) is 13.2. The number of hydrogen-bond acceptors (Lipinski definition) is 4. The number of pyridine rings is 1. The Balaban J connectivity index is 0.00000128. The summed E-state index contributed by atoms with van der Waals surface area (Å²) < 4.78 is 0. The minimum absolute atomic E-state index is 0. The molecule has 2 heterocycles. The largest absolute Gasteiger partial charge is 0.356 e. The minimum Gasteiger partial charge on any atom is -0.356 e. The number of guanidine groups is 1. The van der Waals surface area contributed by atoms with E-state index >= 15 is 0 Å². The van der Waals surface area contributed by atoms with E-state index in [4.69, 9.17) is 0 Å². The van der Waals surface area contributed by atoms with Gasteiger partial charge in [-0.15, -0.1) is 24.0 Å². The van der Waals surface area contributed by atoms with Crippen molar-refractivity contribution in [3.8, 4) is 0 Å². The number of hydrogen-bond donors (Lipinski definition) is 1. The number of rotatable bonds is 3. The molecule has 1 aliphatic heterocycles. The molecule has 0 saturated heterocycles. The maximum atomic E-state index is 4.36. The number of likely N-dealkylation sites (N-methyl/N-ethyl adjacent to an activating group) is 1. The first-order valence-corrected chi connectivity index (χ1v) is 5.24. The maximum absolute atomic E-state index is 4.36. The molecule has 5 heteroatoms. The van der Waals surface area contributed by atoms with Gasteiger partial charge in [-0.2, -0.15) is 0 Å². The fraction of sp³-hybridized carbons (Fsp3) is 0.455. The first-order valence-electron chi connectivity index (χ1n) is 5.24. The van der Waals surface area contributed by atoms with Gasteiger partial charge in [-0.1, -0.05) is 6.07 Å². The highest BCUT2D eigenvalue weighted by atomic mass is 127. The summed E-state index contributed by atoms with van der Waals surface area (Å²) in [5, 5.41) is 3.33. The van der Waals surface area contributed by atoms with Gasteiger partial charge in [0, 0.05) is 32.5 Å². The molecule has 0 amide bonds. The molecule has 0 bridgehead atoms. The Morgan fingerprint density at radius 2 is 2.38 bits per heavy atom. The standard InChI is InChI=1S/C11H16N4.HI/c1-15-8-7-14-11(15)13-6-4-10-3-2-5-12-9-10;/h2-3,5,9H,4,6-8H2,1H3,(H,13,14);1H. The van der Waals surface area contributed by atoms with E-state index in [2.05, 4.69) is 33.3 Å². The number of aromatic nitrogens is 1. The van der Waals surface area contributed by atoms with Crippen molar-refractivity contribution in [3.05, 3.63) is 30.1 Å². The van der Waals surface area contributed by atoms with Crippen LogP contribution in [-0.4, -0.2) is 42.5 Å². The van der Waals surface area contributed by atoms with Gasteiger partial charge in [0.25, 0.3) is 0 Å². The van der Waals surface area contributed by atoms with E-state index in [9.17, 15) is 0 Å². The van der Waals surface area contributed by atoms with Gasteiger partial charge in [-0.3, -0.25) is 9.98 Å². The van der Waals surface area contributed by atoms with Crippen molar-refractivity contribution in [1.29, 1.82) is 0 Å². The molecule has 1 aromatic rings. The molecule has 0 fully saturated rings. The van der Waals surface area contributed by atoms with Crippen molar-refractivity contribution in [2.24, 2.45) is 4.99 Å². The lowest BCUT2D eigenvalue weighted by atomic mass is 10.2. The van der Waals surface area contributed by atoms with Crippen LogP contribution in [0.1, 0.15) is 5.56 Å². The van der Waals surface area contributed by atoms with E-state index in [0.29, 0.717) is 0 Å². The summed E-state index contributed by atoms with van der Waals surface area (Å²) in [5.41, 5.74) is 1.26. The van der Waals surface area contributed by atoms with E-state index in [1.165, 1.54) is 5.56 Å². The summed E-state index contributed by atoms with van der Waals surface area (Å²) >= 11 is 0. The summed E-state index contributed by atoms with van der Waals surface area (Å²) in [6.07, 6.45) is 4.69. The lowest BCUT2D eigenvalue weighted by Crippen LogP contribution is -2.36. The third-order valence-electron chi connectivity index (χ3n) is 2.48. The van der Waals surface area contributed by atoms with Gasteiger partial charge in [-0.05, 0) is 18.1 Å². The zero-order valence-corrected chi connectivity index (χ0v) is 11.7. The molecular weight excluding hydrogens is 315 g/mol. The molecule has 0 aliphatic carbocycles. The van der Waals surface area contributed by atoms with Crippen LogP contribution in [0.15, 0.2) is 29.5 Å². The van der Waals surface area contributed by atoms with Crippen LogP contribution < -0.4 is 5.32 Å². The lowest BCUT2D eigenvalue weighted by molar-refractivity contribution is 0.534. The zero-order chi connectivity index (χ0) is 10.5. The highest BCUT2D eigenvalue weighted by Gasteiger charge is 2.10. The molecule has 1 aromatic heterocycles. The Labute approximate surface area is 113 Å². The molecule has 1 aliphatic rings. The third-order valence-corrected chi connectivity index (χ3v) is 2.48. The summed E-state index contributed by atoms with van der Waals surface area (Å²) in [6.45, 7) is 2.84. The van der Waals surface area contributed by atoms with Crippen LogP contribution in [0, 0.1) is 0 Å². The predicted molar refractivity (Wildman–Crippen MR) is 76.3 cm³/mol. The Kier molecular flexibility index (Phi) is 5.51. The van der Waals surface area contributed by atoms with Gasteiger partial charge >= 0.3 is 0 Å². The smallest absolute Gasteiger partial charge is 0.193 e. The molecule has 16 heavy (non-hydrogen) atoms. The molecular formula is C11H17IN4. The molecule has 0 atom stereocenters. The fourth-order valence-electron chi connectivity index (χ4n) is 1.59. The van der Waals surface area contributed by atoms with Crippen LogP contribution in [0.3, 0.4) is 0 Å². The molecule has 0 radical (unpaired) electrons. The Morgan fingerprint density at radius 3 is 3.00 bits per heavy atom. The molecule has 2 rings (SSSR count). The van der Waals surface area contributed by atoms with Gasteiger partial charge < -0.3 is 10.2 Å². The van der Waals surface area contributed by atoms with Crippen LogP contribution >= 0.6 is 24.0 Å². The van der Waals surface area contributed by atoms with Gasteiger partial charge in [-0.25, -0.2) is 0 Å². The van der Waals surface area contributed by atoms with E-state index in [0.717, 1.165) is 32.0 Å². The van der Waals surface area contributed by atoms with Crippen LogP contribution in [0.25, 0.3) is 0 Å². The molecule has 88 valence electrons. The van der Waals surface area contributed by atoms with Gasteiger partial charge in [0.05, 0.1) is 6.54 Å². The molecule has 1 N–H and O–H groups in total. The molecule has 0 saturated carbocycles. The van der Waals surface area contributed by atoms with E-state index in [-0.39, 0.29) is 24.0 Å². The normalized spacial score (nSPS) is 14.3. The van der Waals surface area contributed by atoms with Gasteiger partial charge in [0.15, 0.2) is 5.96 Å². The SMILES string of the molecule is CN1CCN=C1NCCc1cccnc1.I. The van der Waals surface area contributed by atoms with Crippen molar-refractivity contribution in [1.82, 2.24) is 15.2 Å².